The number of piperidine rings is 1. The predicted octanol–water partition coefficient (Wildman–Crippen LogP) is 2.28. The minimum Gasteiger partial charge on any atom is -0.481 e. The van der Waals surface area contributed by atoms with Crippen molar-refractivity contribution in [2.24, 2.45) is 0 Å². The monoisotopic (exact) mass is 290 g/mol. The van der Waals surface area contributed by atoms with Crippen molar-refractivity contribution in [3.8, 4) is 0 Å². The fraction of sp³-hybridized carbons (Fsp3) is 0.588. The van der Waals surface area contributed by atoms with Gasteiger partial charge in [0.25, 0.3) is 0 Å². The predicted molar refractivity (Wildman–Crippen MR) is 84.4 cm³/mol. The van der Waals surface area contributed by atoms with Gasteiger partial charge in [-0.25, -0.2) is 0 Å². The Morgan fingerprint density at radius 2 is 2.10 bits per heavy atom. The highest BCUT2D eigenvalue weighted by Gasteiger charge is 2.22. The number of carbonyl (C=O) groups is 1. The second-order valence-electron chi connectivity index (χ2n) is 5.77. The lowest BCUT2D eigenvalue weighted by molar-refractivity contribution is -0.136. The zero-order chi connectivity index (χ0) is 15.1. The van der Waals surface area contributed by atoms with Crippen molar-refractivity contribution in [1.82, 2.24) is 10.2 Å². The van der Waals surface area contributed by atoms with E-state index in [1.54, 1.807) is 0 Å². The van der Waals surface area contributed by atoms with Gasteiger partial charge in [0.05, 0.1) is 6.42 Å². The number of rotatable bonds is 7. The fourth-order valence-corrected chi connectivity index (χ4v) is 3.08. The van der Waals surface area contributed by atoms with E-state index >= 15 is 0 Å². The van der Waals surface area contributed by atoms with Crippen molar-refractivity contribution in [3.63, 3.8) is 0 Å². The van der Waals surface area contributed by atoms with Gasteiger partial charge < -0.3 is 10.4 Å². The van der Waals surface area contributed by atoms with Crippen LogP contribution in [0.25, 0.3) is 0 Å². The summed E-state index contributed by atoms with van der Waals surface area (Å²) in [5, 5.41) is 12.5. The van der Waals surface area contributed by atoms with E-state index in [4.69, 9.17) is 5.11 Å². The van der Waals surface area contributed by atoms with Crippen LogP contribution in [0.3, 0.4) is 0 Å². The molecule has 0 bridgehead atoms. The number of carboxylic acid groups (broad SMARTS) is 1. The maximum Gasteiger partial charge on any atom is 0.307 e. The van der Waals surface area contributed by atoms with Crippen molar-refractivity contribution in [3.05, 3.63) is 35.4 Å². The topological polar surface area (TPSA) is 52.6 Å². The van der Waals surface area contributed by atoms with Crippen molar-refractivity contribution >= 4 is 5.97 Å². The van der Waals surface area contributed by atoms with Crippen molar-refractivity contribution in [2.75, 3.05) is 19.6 Å². The molecule has 0 aliphatic carbocycles. The number of nitrogens with zero attached hydrogens (tertiary/aromatic N) is 1. The molecule has 0 saturated carbocycles. The number of nitrogens with one attached hydrogen (secondary N) is 1. The van der Waals surface area contributed by atoms with Crippen LogP contribution < -0.4 is 5.32 Å². The molecule has 1 unspecified atom stereocenters. The molecule has 1 aromatic carbocycles. The molecule has 1 fully saturated rings. The summed E-state index contributed by atoms with van der Waals surface area (Å²) in [6, 6.07) is 8.50. The summed E-state index contributed by atoms with van der Waals surface area (Å²) in [6.07, 6.45) is 3.88. The first-order valence-electron chi connectivity index (χ1n) is 7.94. The number of benzene rings is 1. The zero-order valence-corrected chi connectivity index (χ0v) is 12.8. The fourth-order valence-electron chi connectivity index (χ4n) is 3.08. The van der Waals surface area contributed by atoms with Crippen LogP contribution in [0.15, 0.2) is 24.3 Å². The van der Waals surface area contributed by atoms with E-state index in [0.29, 0.717) is 6.04 Å². The summed E-state index contributed by atoms with van der Waals surface area (Å²) in [5.74, 6) is -0.759. The van der Waals surface area contributed by atoms with Gasteiger partial charge in [-0.15, -0.1) is 0 Å². The van der Waals surface area contributed by atoms with Crippen LogP contribution in [0.2, 0.25) is 0 Å². The molecule has 0 radical (unpaired) electrons. The molecule has 0 spiro atoms. The van der Waals surface area contributed by atoms with Crippen LogP contribution in [-0.4, -0.2) is 41.7 Å². The molecule has 1 saturated heterocycles. The molecule has 21 heavy (non-hydrogen) atoms. The SMILES string of the molecule is CCNCC1CCCCN1Cc1ccccc1CC(=O)O. The van der Waals surface area contributed by atoms with Gasteiger partial charge in [-0.2, -0.15) is 0 Å². The highest BCUT2D eigenvalue weighted by Crippen LogP contribution is 2.21. The van der Waals surface area contributed by atoms with E-state index in [2.05, 4.69) is 23.2 Å². The van der Waals surface area contributed by atoms with Crippen LogP contribution >= 0.6 is 0 Å². The minimum atomic E-state index is -0.759. The lowest BCUT2D eigenvalue weighted by Crippen LogP contribution is -2.45. The Bertz CT molecular complexity index is 462. The van der Waals surface area contributed by atoms with Gasteiger partial charge >= 0.3 is 5.97 Å². The molecule has 2 N–H and O–H groups in total. The Kier molecular flexibility index (Phi) is 6.21. The molecule has 4 heteroatoms. The lowest BCUT2D eigenvalue weighted by atomic mass is 9.98. The average Bonchev–Trinajstić information content (AvgIpc) is 2.48. The summed E-state index contributed by atoms with van der Waals surface area (Å²) in [4.78, 5) is 13.5. The molecule has 116 valence electrons. The van der Waals surface area contributed by atoms with Crippen molar-refractivity contribution < 1.29 is 9.90 Å². The summed E-state index contributed by atoms with van der Waals surface area (Å²) in [7, 11) is 0. The average molecular weight is 290 g/mol. The summed E-state index contributed by atoms with van der Waals surface area (Å²) < 4.78 is 0. The molecule has 2 rings (SSSR count). The molecule has 1 atom stereocenters. The second-order valence-corrected chi connectivity index (χ2v) is 5.77. The maximum absolute atomic E-state index is 11.0. The van der Waals surface area contributed by atoms with E-state index in [9.17, 15) is 4.79 Å². The van der Waals surface area contributed by atoms with E-state index < -0.39 is 5.97 Å². The number of hydrogen-bond acceptors (Lipinski definition) is 3. The zero-order valence-electron chi connectivity index (χ0n) is 12.8. The Morgan fingerprint density at radius 3 is 2.81 bits per heavy atom. The number of likely N-dealkylation sites (N-methyl/N-ethyl adjacent to an activating group) is 1. The van der Waals surface area contributed by atoms with Crippen molar-refractivity contribution in [1.29, 1.82) is 0 Å². The molecule has 1 aliphatic rings. The highest BCUT2D eigenvalue weighted by atomic mass is 16.4. The molecule has 1 heterocycles. The van der Waals surface area contributed by atoms with Gasteiger partial charge in [0.15, 0.2) is 0 Å². The van der Waals surface area contributed by atoms with E-state index in [1.165, 1.54) is 19.3 Å². The smallest absolute Gasteiger partial charge is 0.307 e. The molecule has 0 amide bonds. The first-order chi connectivity index (χ1) is 10.2. The quantitative estimate of drug-likeness (QED) is 0.809. The van der Waals surface area contributed by atoms with Gasteiger partial charge in [0.2, 0.25) is 0 Å². The Hall–Kier alpha value is -1.39. The Morgan fingerprint density at radius 1 is 1.33 bits per heavy atom. The van der Waals surface area contributed by atoms with Gasteiger partial charge in [0.1, 0.15) is 0 Å². The third kappa shape index (κ3) is 4.83. The number of aliphatic carboxylic acids is 1. The van der Waals surface area contributed by atoms with Crippen molar-refractivity contribution in [2.45, 2.75) is 45.2 Å². The first kappa shape index (κ1) is 16.0. The van der Waals surface area contributed by atoms with E-state index in [1.807, 2.05) is 18.2 Å². The van der Waals surface area contributed by atoms with Crippen LogP contribution in [0.5, 0.6) is 0 Å². The second kappa shape index (κ2) is 8.15. The van der Waals surface area contributed by atoms with E-state index in [0.717, 1.165) is 37.3 Å². The van der Waals surface area contributed by atoms with Gasteiger partial charge in [-0.05, 0) is 37.1 Å². The normalized spacial score (nSPS) is 19.6. The summed E-state index contributed by atoms with van der Waals surface area (Å²) in [5.41, 5.74) is 2.10. The number of likely N-dealkylation sites (tertiary alicyclic amines) is 1. The maximum atomic E-state index is 11.0. The summed E-state index contributed by atoms with van der Waals surface area (Å²) in [6.45, 7) is 6.13. The number of hydrogen-bond donors (Lipinski definition) is 2. The van der Waals surface area contributed by atoms with Crippen LogP contribution in [0.1, 0.15) is 37.3 Å². The third-order valence-corrected chi connectivity index (χ3v) is 4.21. The molecule has 0 aromatic heterocycles. The van der Waals surface area contributed by atoms with E-state index in [-0.39, 0.29) is 6.42 Å². The molecular weight excluding hydrogens is 264 g/mol. The standard InChI is InChI=1S/C17H26N2O2/c1-2-18-12-16-9-5-6-10-19(16)13-15-8-4-3-7-14(15)11-17(20)21/h3-4,7-8,16,18H,2,5-6,9-13H2,1H3,(H,20,21). The molecule has 1 aliphatic heterocycles. The minimum absolute atomic E-state index is 0.113. The largest absolute Gasteiger partial charge is 0.481 e. The van der Waals surface area contributed by atoms with Gasteiger partial charge in [0, 0.05) is 19.1 Å². The van der Waals surface area contributed by atoms with Gasteiger partial charge in [-0.3, -0.25) is 9.69 Å². The Balaban J connectivity index is 2.06. The molecular formula is C17H26N2O2. The summed E-state index contributed by atoms with van der Waals surface area (Å²) >= 11 is 0. The lowest BCUT2D eigenvalue weighted by Gasteiger charge is -2.36. The van der Waals surface area contributed by atoms with Gasteiger partial charge in [-0.1, -0.05) is 37.6 Å². The van der Waals surface area contributed by atoms with Crippen LogP contribution in [0.4, 0.5) is 0 Å². The molecule has 4 nitrogen and oxygen atoms in total. The third-order valence-electron chi connectivity index (χ3n) is 4.21. The Labute approximate surface area is 127 Å². The number of carboxylic acids is 1. The first-order valence-corrected chi connectivity index (χ1v) is 7.94. The van der Waals surface area contributed by atoms with Crippen LogP contribution in [0, 0.1) is 0 Å². The molecule has 1 aromatic rings. The highest BCUT2D eigenvalue weighted by molar-refractivity contribution is 5.70. The van der Waals surface area contributed by atoms with Crippen LogP contribution in [-0.2, 0) is 17.8 Å².